The van der Waals surface area contributed by atoms with Gasteiger partial charge in [-0.15, -0.1) is 0 Å². The second-order valence-corrected chi connectivity index (χ2v) is 6.48. The van der Waals surface area contributed by atoms with Gasteiger partial charge in [0.25, 0.3) is 0 Å². The number of ether oxygens (including phenoxy) is 1. The smallest absolute Gasteiger partial charge is 0.122 e. The van der Waals surface area contributed by atoms with Crippen molar-refractivity contribution in [1.82, 2.24) is 0 Å². The fourth-order valence-electron chi connectivity index (χ4n) is 3.11. The summed E-state index contributed by atoms with van der Waals surface area (Å²) in [6.45, 7) is 13.4. The Bertz CT molecular complexity index is 485. The lowest BCUT2D eigenvalue weighted by Crippen LogP contribution is -2.34. The summed E-state index contributed by atoms with van der Waals surface area (Å²) in [7, 11) is 0. The highest BCUT2D eigenvalue weighted by Crippen LogP contribution is 2.34. The van der Waals surface area contributed by atoms with Crippen molar-refractivity contribution in [3.05, 3.63) is 28.3 Å². The molecule has 0 heterocycles. The third-order valence-corrected chi connectivity index (χ3v) is 4.62. The Balaban J connectivity index is 3.02. The number of hydrogen-bond acceptors (Lipinski definition) is 3. The minimum absolute atomic E-state index is 0.142. The highest BCUT2D eigenvalue weighted by Gasteiger charge is 2.21. The van der Waals surface area contributed by atoms with Gasteiger partial charge in [-0.25, -0.2) is 0 Å². The summed E-state index contributed by atoms with van der Waals surface area (Å²) in [6, 6.07) is 1.99. The van der Waals surface area contributed by atoms with Crippen LogP contribution >= 0.6 is 0 Å². The number of hydrogen-bond donors (Lipinski definition) is 2. The highest BCUT2D eigenvalue weighted by molar-refractivity contribution is 5.49. The number of aliphatic hydroxyl groups excluding tert-OH is 1. The predicted octanol–water partition coefficient (Wildman–Crippen LogP) is 3.99. The van der Waals surface area contributed by atoms with Gasteiger partial charge in [0.1, 0.15) is 5.75 Å². The van der Waals surface area contributed by atoms with Gasteiger partial charge >= 0.3 is 0 Å². The molecule has 0 aliphatic heterocycles. The summed E-state index contributed by atoms with van der Waals surface area (Å²) < 4.78 is 5.85. The van der Waals surface area contributed by atoms with E-state index >= 15 is 0 Å². The molecule has 0 fully saturated rings. The number of rotatable bonds is 8. The molecule has 0 aromatic heterocycles. The van der Waals surface area contributed by atoms with Crippen molar-refractivity contribution in [3.63, 3.8) is 0 Å². The monoisotopic (exact) mass is 307 g/mol. The molecule has 0 spiro atoms. The molecule has 3 nitrogen and oxygen atoms in total. The quantitative estimate of drug-likeness (QED) is 0.763. The first kappa shape index (κ1) is 19.0. The predicted molar refractivity (Wildman–Crippen MR) is 93.7 cm³/mol. The first-order chi connectivity index (χ1) is 10.3. The Morgan fingerprint density at radius 3 is 2.36 bits per heavy atom. The molecule has 1 aromatic carbocycles. The van der Waals surface area contributed by atoms with Gasteiger partial charge in [-0.05, 0) is 74.3 Å². The van der Waals surface area contributed by atoms with E-state index in [0.29, 0.717) is 6.42 Å². The molecule has 0 aliphatic carbocycles. The summed E-state index contributed by atoms with van der Waals surface area (Å²) in [4.78, 5) is 0. The number of benzene rings is 1. The number of aliphatic hydroxyl groups is 1. The summed E-state index contributed by atoms with van der Waals surface area (Å²) in [5, 5.41) is 10.2. The van der Waals surface area contributed by atoms with Crippen LogP contribution in [0.2, 0.25) is 0 Å². The van der Waals surface area contributed by atoms with Crippen molar-refractivity contribution in [2.75, 3.05) is 6.61 Å². The number of aryl methyl sites for hydroxylation is 1. The molecule has 3 N–H and O–H groups in total. The van der Waals surface area contributed by atoms with Crippen LogP contribution in [0.1, 0.15) is 68.2 Å². The Morgan fingerprint density at radius 2 is 1.82 bits per heavy atom. The van der Waals surface area contributed by atoms with Crippen molar-refractivity contribution in [2.45, 2.75) is 78.9 Å². The molecule has 3 heteroatoms. The van der Waals surface area contributed by atoms with E-state index in [0.717, 1.165) is 25.2 Å². The minimum Gasteiger partial charge on any atom is -0.493 e. The van der Waals surface area contributed by atoms with Crippen LogP contribution in [0.3, 0.4) is 0 Å². The van der Waals surface area contributed by atoms with Crippen LogP contribution in [0, 0.1) is 20.8 Å². The van der Waals surface area contributed by atoms with Gasteiger partial charge in [0.2, 0.25) is 0 Å². The molecule has 1 rings (SSSR count). The van der Waals surface area contributed by atoms with Gasteiger partial charge in [-0.3, -0.25) is 0 Å². The second kappa shape index (κ2) is 8.54. The van der Waals surface area contributed by atoms with Crippen molar-refractivity contribution in [1.29, 1.82) is 0 Å². The summed E-state index contributed by atoms with van der Waals surface area (Å²) in [5.41, 5.74) is 11.0. The fraction of sp³-hybridized carbons (Fsp3) is 0.684. The van der Waals surface area contributed by atoms with Crippen LogP contribution in [0.4, 0.5) is 0 Å². The van der Waals surface area contributed by atoms with Gasteiger partial charge in [0.15, 0.2) is 0 Å². The molecule has 22 heavy (non-hydrogen) atoms. The molecule has 1 aromatic rings. The molecule has 0 bridgehead atoms. The van der Waals surface area contributed by atoms with E-state index in [1.54, 1.807) is 0 Å². The van der Waals surface area contributed by atoms with Crippen molar-refractivity contribution >= 4 is 0 Å². The normalized spacial score (nSPS) is 15.5. The van der Waals surface area contributed by atoms with Gasteiger partial charge in [0.05, 0.1) is 12.7 Å². The standard InChI is InChI=1S/C19H33NO2/c1-7-9-22-18-11-13(4)19(15(6)14(18)5)12(3)10-17(21)16(20)8-2/h11-12,16-17,21H,7-10,20H2,1-6H3. The lowest BCUT2D eigenvalue weighted by molar-refractivity contribution is 0.126. The highest BCUT2D eigenvalue weighted by atomic mass is 16.5. The third kappa shape index (κ3) is 4.47. The maximum Gasteiger partial charge on any atom is 0.122 e. The first-order valence-corrected chi connectivity index (χ1v) is 8.50. The van der Waals surface area contributed by atoms with Gasteiger partial charge < -0.3 is 15.6 Å². The lowest BCUT2D eigenvalue weighted by Gasteiger charge is -2.25. The zero-order valence-electron chi connectivity index (χ0n) is 15.1. The van der Waals surface area contributed by atoms with Crippen LogP contribution in [0.15, 0.2) is 6.07 Å². The Morgan fingerprint density at radius 1 is 1.18 bits per heavy atom. The van der Waals surface area contributed by atoms with Gasteiger partial charge in [-0.1, -0.05) is 20.8 Å². The molecule has 3 atom stereocenters. The first-order valence-electron chi connectivity index (χ1n) is 8.50. The van der Waals surface area contributed by atoms with Crippen molar-refractivity contribution in [3.8, 4) is 5.75 Å². The van der Waals surface area contributed by atoms with Crippen LogP contribution in [-0.4, -0.2) is 23.9 Å². The zero-order valence-corrected chi connectivity index (χ0v) is 15.1. The molecule has 0 aliphatic rings. The van der Waals surface area contributed by atoms with Gasteiger partial charge in [0, 0.05) is 6.04 Å². The molecular weight excluding hydrogens is 274 g/mol. The Hall–Kier alpha value is -1.06. The average Bonchev–Trinajstić information content (AvgIpc) is 2.48. The largest absolute Gasteiger partial charge is 0.493 e. The molecule has 0 amide bonds. The summed E-state index contributed by atoms with van der Waals surface area (Å²) in [5.74, 6) is 1.27. The van der Waals surface area contributed by atoms with E-state index in [1.165, 1.54) is 22.3 Å². The average molecular weight is 307 g/mol. The van der Waals surface area contributed by atoms with Crippen LogP contribution in [0.5, 0.6) is 5.75 Å². The number of nitrogens with two attached hydrogens (primary N) is 1. The molecule has 126 valence electrons. The molecule has 0 saturated carbocycles. The minimum atomic E-state index is -0.449. The van der Waals surface area contributed by atoms with Crippen LogP contribution < -0.4 is 10.5 Å². The van der Waals surface area contributed by atoms with E-state index in [4.69, 9.17) is 10.5 Å². The fourth-order valence-corrected chi connectivity index (χ4v) is 3.11. The molecule has 3 unspecified atom stereocenters. The lowest BCUT2D eigenvalue weighted by atomic mass is 9.84. The van der Waals surface area contributed by atoms with Crippen molar-refractivity contribution < 1.29 is 9.84 Å². The topological polar surface area (TPSA) is 55.5 Å². The van der Waals surface area contributed by atoms with E-state index < -0.39 is 6.10 Å². The second-order valence-electron chi connectivity index (χ2n) is 6.48. The molecule has 0 saturated heterocycles. The maximum atomic E-state index is 10.2. The van der Waals surface area contributed by atoms with E-state index in [2.05, 4.69) is 40.7 Å². The van der Waals surface area contributed by atoms with Crippen LogP contribution in [0.25, 0.3) is 0 Å². The van der Waals surface area contributed by atoms with E-state index in [-0.39, 0.29) is 12.0 Å². The Kier molecular flexibility index (Phi) is 7.37. The summed E-state index contributed by atoms with van der Waals surface area (Å²) >= 11 is 0. The van der Waals surface area contributed by atoms with E-state index in [9.17, 15) is 5.11 Å². The van der Waals surface area contributed by atoms with E-state index in [1.807, 2.05) is 6.92 Å². The molecule has 0 radical (unpaired) electrons. The SMILES string of the molecule is CCCOc1cc(C)c(C(C)CC(O)C(N)CC)c(C)c1C. The van der Waals surface area contributed by atoms with Gasteiger partial charge in [-0.2, -0.15) is 0 Å². The summed E-state index contributed by atoms with van der Waals surface area (Å²) in [6.07, 6.45) is 2.06. The zero-order chi connectivity index (χ0) is 16.9. The Labute approximate surface area is 135 Å². The van der Waals surface area contributed by atoms with Crippen molar-refractivity contribution in [2.24, 2.45) is 5.73 Å². The van der Waals surface area contributed by atoms with Crippen LogP contribution in [-0.2, 0) is 0 Å². The third-order valence-electron chi connectivity index (χ3n) is 4.62. The molecular formula is C19H33NO2. The maximum absolute atomic E-state index is 10.2.